The molecule has 0 radical (unpaired) electrons. The van der Waals surface area contributed by atoms with Gasteiger partial charge in [0.15, 0.2) is 16.7 Å². The van der Waals surface area contributed by atoms with Crippen LogP contribution in [0.25, 0.3) is 11.3 Å². The predicted molar refractivity (Wildman–Crippen MR) is 134 cm³/mol. The van der Waals surface area contributed by atoms with Gasteiger partial charge in [0.2, 0.25) is 0 Å². The molecule has 7 nitrogen and oxygen atoms in total. The lowest BCUT2D eigenvalue weighted by atomic mass is 9.95. The Bertz CT molecular complexity index is 1300. The van der Waals surface area contributed by atoms with Crippen molar-refractivity contribution in [1.82, 2.24) is 24.5 Å². The highest BCUT2D eigenvalue weighted by molar-refractivity contribution is 9.10. The Labute approximate surface area is 206 Å². The molecule has 3 heterocycles. The van der Waals surface area contributed by atoms with E-state index in [1.54, 1.807) is 6.20 Å². The number of nitrogens with zero attached hydrogens (tertiary/aromatic N) is 5. The van der Waals surface area contributed by atoms with Crippen LogP contribution in [0.1, 0.15) is 42.2 Å². The van der Waals surface area contributed by atoms with Gasteiger partial charge in [-0.1, -0.05) is 35.4 Å². The molecule has 0 aliphatic rings. The van der Waals surface area contributed by atoms with Crippen LogP contribution in [0.15, 0.2) is 47.3 Å². The Hall–Kier alpha value is -2.84. The maximum atomic E-state index is 6.40. The highest BCUT2D eigenvalue weighted by atomic mass is 79.9. The van der Waals surface area contributed by atoms with E-state index in [-0.39, 0.29) is 6.10 Å². The monoisotopic (exact) mass is 528 g/mol. The minimum absolute atomic E-state index is 0.278. The van der Waals surface area contributed by atoms with E-state index in [4.69, 9.17) is 27.2 Å². The molecule has 0 saturated carbocycles. The van der Waals surface area contributed by atoms with Crippen LogP contribution >= 0.6 is 27.5 Å². The molecule has 0 aliphatic heterocycles. The summed E-state index contributed by atoms with van der Waals surface area (Å²) in [6, 6.07) is 8.13. The zero-order valence-electron chi connectivity index (χ0n) is 19.0. The van der Waals surface area contributed by atoms with Crippen molar-refractivity contribution in [3.63, 3.8) is 0 Å². The molecule has 0 aliphatic carbocycles. The van der Waals surface area contributed by atoms with Gasteiger partial charge in [0.05, 0.1) is 5.69 Å². The zero-order valence-corrected chi connectivity index (χ0v) is 21.4. The predicted octanol–water partition coefficient (Wildman–Crippen LogP) is 5.74. The van der Waals surface area contributed by atoms with E-state index >= 15 is 0 Å². The first kappa shape index (κ1) is 23.3. The third-order valence-electron chi connectivity index (χ3n) is 5.45. The molecule has 0 amide bonds. The molecule has 4 aromatic rings. The standard InChI is InChI=1S/C24H26BrClN6O/c1-5-32-13-17(23(26)30-32)9-16-12-31(4)29-22(16)19-7-6-14(2)8-20(19)15(3)33-21-10-18(25)11-28-24(21)27/h6-8,10-13,15H,5,9H2,1-4H3,(H2,27,28)/t15-/m1/s1. The van der Waals surface area contributed by atoms with Gasteiger partial charge >= 0.3 is 0 Å². The van der Waals surface area contributed by atoms with Crippen molar-refractivity contribution >= 4 is 33.3 Å². The van der Waals surface area contributed by atoms with Gasteiger partial charge in [0, 0.05) is 65.3 Å². The second kappa shape index (κ2) is 9.57. The Balaban J connectivity index is 1.73. The van der Waals surface area contributed by atoms with Gasteiger partial charge in [0.1, 0.15) is 6.10 Å². The maximum absolute atomic E-state index is 6.40. The van der Waals surface area contributed by atoms with Crippen molar-refractivity contribution in [3.05, 3.63) is 74.7 Å². The van der Waals surface area contributed by atoms with Crippen LogP contribution < -0.4 is 10.5 Å². The molecule has 172 valence electrons. The Morgan fingerprint density at radius 3 is 2.70 bits per heavy atom. The number of hydrogen-bond acceptors (Lipinski definition) is 5. The van der Waals surface area contributed by atoms with Crippen LogP contribution in [0.5, 0.6) is 5.75 Å². The lowest BCUT2D eigenvalue weighted by Gasteiger charge is -2.20. The maximum Gasteiger partial charge on any atom is 0.166 e. The fourth-order valence-electron chi connectivity index (χ4n) is 3.83. The normalized spacial score (nSPS) is 12.2. The van der Waals surface area contributed by atoms with Crippen molar-refractivity contribution in [1.29, 1.82) is 0 Å². The molecule has 3 aromatic heterocycles. The van der Waals surface area contributed by atoms with Gasteiger partial charge in [0.25, 0.3) is 0 Å². The van der Waals surface area contributed by atoms with Crippen LogP contribution in [0.2, 0.25) is 5.15 Å². The molecule has 4 rings (SSSR count). The minimum atomic E-state index is -0.278. The molecule has 1 aromatic carbocycles. The van der Waals surface area contributed by atoms with Gasteiger partial charge in [-0.2, -0.15) is 10.2 Å². The molecule has 0 saturated heterocycles. The number of halogens is 2. The number of hydrogen-bond donors (Lipinski definition) is 1. The van der Waals surface area contributed by atoms with Crippen LogP contribution in [-0.4, -0.2) is 24.5 Å². The molecule has 2 N–H and O–H groups in total. The fourth-order valence-corrected chi connectivity index (χ4v) is 4.36. The van der Waals surface area contributed by atoms with E-state index in [9.17, 15) is 0 Å². The summed E-state index contributed by atoms with van der Waals surface area (Å²) in [6.45, 7) is 6.87. The Morgan fingerprint density at radius 1 is 1.18 bits per heavy atom. The second-order valence-electron chi connectivity index (χ2n) is 8.04. The first-order valence-electron chi connectivity index (χ1n) is 10.7. The summed E-state index contributed by atoms with van der Waals surface area (Å²) in [4.78, 5) is 4.17. The first-order chi connectivity index (χ1) is 15.7. The number of benzene rings is 1. The molecule has 33 heavy (non-hydrogen) atoms. The summed E-state index contributed by atoms with van der Waals surface area (Å²) >= 11 is 9.83. The summed E-state index contributed by atoms with van der Waals surface area (Å²) in [7, 11) is 1.92. The van der Waals surface area contributed by atoms with Crippen LogP contribution in [0, 0.1) is 6.92 Å². The highest BCUT2D eigenvalue weighted by Gasteiger charge is 2.21. The second-order valence-corrected chi connectivity index (χ2v) is 9.32. The van der Waals surface area contributed by atoms with Gasteiger partial charge < -0.3 is 10.5 Å². The summed E-state index contributed by atoms with van der Waals surface area (Å²) < 4.78 is 10.7. The van der Waals surface area contributed by atoms with Crippen LogP contribution in [0.3, 0.4) is 0 Å². The fraction of sp³-hybridized carbons (Fsp3) is 0.292. The number of rotatable bonds is 7. The molecule has 1 atom stereocenters. The van der Waals surface area contributed by atoms with Crippen molar-refractivity contribution in [2.45, 2.75) is 39.8 Å². The average Bonchev–Trinajstić information content (AvgIpc) is 3.32. The van der Waals surface area contributed by atoms with E-state index in [0.29, 0.717) is 23.1 Å². The van der Waals surface area contributed by atoms with Crippen molar-refractivity contribution in [3.8, 4) is 17.0 Å². The lowest BCUT2D eigenvalue weighted by Crippen LogP contribution is -2.08. The van der Waals surface area contributed by atoms with E-state index < -0.39 is 0 Å². The quantitative estimate of drug-likeness (QED) is 0.330. The Kier molecular flexibility index (Phi) is 6.76. The number of nitrogen functional groups attached to an aromatic ring is 1. The summed E-state index contributed by atoms with van der Waals surface area (Å²) in [6.07, 6.45) is 6.02. The molecule has 0 unspecified atom stereocenters. The van der Waals surface area contributed by atoms with Gasteiger partial charge in [-0.25, -0.2) is 4.98 Å². The average molecular weight is 530 g/mol. The minimum Gasteiger partial charge on any atom is -0.482 e. The highest BCUT2D eigenvalue weighted by Crippen LogP contribution is 2.35. The van der Waals surface area contributed by atoms with E-state index in [1.807, 2.05) is 48.7 Å². The zero-order chi connectivity index (χ0) is 23.7. The molecule has 0 bridgehead atoms. The number of aromatic nitrogens is 5. The lowest BCUT2D eigenvalue weighted by molar-refractivity contribution is 0.228. The summed E-state index contributed by atoms with van der Waals surface area (Å²) in [5.74, 6) is 0.879. The first-order valence-corrected chi connectivity index (χ1v) is 11.8. The van der Waals surface area contributed by atoms with Crippen molar-refractivity contribution < 1.29 is 4.74 Å². The van der Waals surface area contributed by atoms with Gasteiger partial charge in [-0.05, 0) is 42.8 Å². The topological polar surface area (TPSA) is 83.8 Å². The third-order valence-corrected chi connectivity index (χ3v) is 6.20. The van der Waals surface area contributed by atoms with Crippen molar-refractivity contribution in [2.24, 2.45) is 7.05 Å². The van der Waals surface area contributed by atoms with Crippen molar-refractivity contribution in [2.75, 3.05) is 5.73 Å². The SMILES string of the molecule is CCn1cc(Cc2cn(C)nc2-c2ccc(C)cc2[C@@H](C)Oc2cc(Br)cnc2N)c(Cl)n1. The van der Waals surface area contributed by atoms with E-state index in [2.05, 4.69) is 51.1 Å². The molecule has 9 heteroatoms. The number of pyridine rings is 1. The van der Waals surface area contributed by atoms with Gasteiger partial charge in [-0.15, -0.1) is 0 Å². The number of nitrogens with two attached hydrogens (primary N) is 1. The molecule has 0 spiro atoms. The van der Waals surface area contributed by atoms with Crippen LogP contribution in [0.4, 0.5) is 5.82 Å². The molecular formula is C24H26BrClN6O. The van der Waals surface area contributed by atoms with E-state index in [1.165, 1.54) is 0 Å². The van der Waals surface area contributed by atoms with Crippen LogP contribution in [-0.2, 0) is 20.0 Å². The smallest absolute Gasteiger partial charge is 0.166 e. The summed E-state index contributed by atoms with van der Waals surface area (Å²) in [5, 5.41) is 9.68. The largest absolute Gasteiger partial charge is 0.482 e. The van der Waals surface area contributed by atoms with E-state index in [0.717, 1.165) is 44.5 Å². The summed E-state index contributed by atoms with van der Waals surface area (Å²) in [5.41, 5.74) is 12.1. The third kappa shape index (κ3) is 5.07. The molecule has 0 fully saturated rings. The Morgan fingerprint density at radius 2 is 1.97 bits per heavy atom. The van der Waals surface area contributed by atoms with Gasteiger partial charge in [-0.3, -0.25) is 9.36 Å². The molecular weight excluding hydrogens is 504 g/mol. The number of aryl methyl sites for hydroxylation is 3. The number of anilines is 1. The number of ether oxygens (including phenoxy) is 1.